The number of nitrogens with zero attached hydrogens (tertiary/aromatic N) is 2. The van der Waals surface area contributed by atoms with Gasteiger partial charge in [0.2, 0.25) is 0 Å². The molecule has 1 rings (SSSR count). The van der Waals surface area contributed by atoms with Gasteiger partial charge in [-0.2, -0.15) is 5.26 Å². The van der Waals surface area contributed by atoms with E-state index in [0.717, 1.165) is 17.9 Å². The molecule has 0 aromatic carbocycles. The Kier molecular flexibility index (Phi) is 5.20. The second-order valence-electron chi connectivity index (χ2n) is 4.35. The van der Waals surface area contributed by atoms with Gasteiger partial charge >= 0.3 is 0 Å². The number of hydrogen-bond donors (Lipinski definition) is 1. The summed E-state index contributed by atoms with van der Waals surface area (Å²) in [4.78, 5) is 2.09. The summed E-state index contributed by atoms with van der Waals surface area (Å²) in [5, 5.41) is 8.64. The molecule has 1 aromatic rings. The average Bonchev–Trinajstić information content (AvgIpc) is 2.73. The summed E-state index contributed by atoms with van der Waals surface area (Å²) in [6.45, 7) is 4.69. The summed E-state index contributed by atoms with van der Waals surface area (Å²) in [5.41, 5.74) is 6.15. The number of rotatable bonds is 6. The Balaban J connectivity index is 2.84. The van der Waals surface area contributed by atoms with Crippen molar-refractivity contribution in [1.82, 2.24) is 4.90 Å². The molecule has 0 amide bonds. The maximum absolute atomic E-state index is 8.64. The summed E-state index contributed by atoms with van der Waals surface area (Å²) >= 11 is 0. The van der Waals surface area contributed by atoms with Crippen molar-refractivity contribution in [2.75, 3.05) is 13.6 Å². The molecule has 0 aliphatic carbocycles. The lowest BCUT2D eigenvalue weighted by atomic mass is 10.0. The number of aryl methyl sites for hydroxylation is 1. The van der Waals surface area contributed by atoms with Gasteiger partial charge in [0.05, 0.1) is 12.1 Å². The summed E-state index contributed by atoms with van der Waals surface area (Å²) < 4.78 is 5.67. The molecule has 1 aromatic heterocycles. The Morgan fingerprint density at radius 2 is 2.24 bits per heavy atom. The molecule has 94 valence electrons. The second kappa shape index (κ2) is 6.43. The highest BCUT2D eigenvalue weighted by atomic mass is 16.3. The van der Waals surface area contributed by atoms with Crippen molar-refractivity contribution in [3.8, 4) is 6.07 Å². The van der Waals surface area contributed by atoms with E-state index in [-0.39, 0.29) is 12.1 Å². The van der Waals surface area contributed by atoms with Crippen molar-refractivity contribution in [2.24, 2.45) is 5.73 Å². The van der Waals surface area contributed by atoms with Crippen molar-refractivity contribution >= 4 is 0 Å². The van der Waals surface area contributed by atoms with Gasteiger partial charge in [0.1, 0.15) is 11.5 Å². The molecule has 0 aliphatic rings. The molecule has 17 heavy (non-hydrogen) atoms. The maximum Gasteiger partial charge on any atom is 0.122 e. The first-order valence-electron chi connectivity index (χ1n) is 5.99. The summed E-state index contributed by atoms with van der Waals surface area (Å²) in [5.74, 6) is 1.78. The third kappa shape index (κ3) is 3.58. The summed E-state index contributed by atoms with van der Waals surface area (Å²) in [7, 11) is 1.98. The quantitative estimate of drug-likeness (QED) is 0.821. The number of nitrogens with two attached hydrogens (primary N) is 1. The van der Waals surface area contributed by atoms with E-state index in [1.54, 1.807) is 0 Å². The van der Waals surface area contributed by atoms with Gasteiger partial charge in [0.25, 0.3) is 0 Å². The summed E-state index contributed by atoms with van der Waals surface area (Å²) in [6, 6.07) is 6.13. The van der Waals surface area contributed by atoms with Gasteiger partial charge in [0.15, 0.2) is 0 Å². The van der Waals surface area contributed by atoms with E-state index in [1.807, 2.05) is 26.1 Å². The topological polar surface area (TPSA) is 66.2 Å². The zero-order chi connectivity index (χ0) is 12.8. The third-order valence-electron chi connectivity index (χ3n) is 2.98. The van der Waals surface area contributed by atoms with Crippen LogP contribution in [0.15, 0.2) is 16.5 Å². The molecule has 1 heterocycles. The number of furan rings is 1. The fourth-order valence-electron chi connectivity index (χ4n) is 1.96. The number of hydrogen-bond acceptors (Lipinski definition) is 4. The summed E-state index contributed by atoms with van der Waals surface area (Å²) in [6.07, 6.45) is 1.38. The molecule has 4 nitrogen and oxygen atoms in total. The van der Waals surface area contributed by atoms with Crippen LogP contribution in [0.25, 0.3) is 0 Å². The van der Waals surface area contributed by atoms with Gasteiger partial charge in [-0.1, -0.05) is 6.92 Å². The first kappa shape index (κ1) is 13.8. The Bertz CT molecular complexity index is 380. The molecule has 0 saturated carbocycles. The van der Waals surface area contributed by atoms with Gasteiger partial charge < -0.3 is 10.2 Å². The van der Waals surface area contributed by atoms with Crippen LogP contribution < -0.4 is 5.73 Å². The van der Waals surface area contributed by atoms with E-state index in [9.17, 15) is 0 Å². The molecule has 2 N–H and O–H groups in total. The normalized spacial score (nSPS) is 14.6. The van der Waals surface area contributed by atoms with Crippen LogP contribution in [-0.4, -0.2) is 24.5 Å². The smallest absolute Gasteiger partial charge is 0.122 e. The van der Waals surface area contributed by atoms with Crippen LogP contribution in [0.3, 0.4) is 0 Å². The molecule has 0 spiro atoms. The Hall–Kier alpha value is -1.31. The fourth-order valence-corrected chi connectivity index (χ4v) is 1.96. The van der Waals surface area contributed by atoms with Crippen LogP contribution in [0.5, 0.6) is 0 Å². The highest BCUT2D eigenvalue weighted by molar-refractivity contribution is 5.12. The molecule has 0 saturated heterocycles. The monoisotopic (exact) mass is 235 g/mol. The lowest BCUT2D eigenvalue weighted by Gasteiger charge is -2.30. The number of likely N-dealkylation sites (N-methyl/N-ethyl adjacent to an activating group) is 1. The Labute approximate surface area is 103 Å². The first-order chi connectivity index (χ1) is 8.10. The molecule has 0 radical (unpaired) electrons. The molecular weight excluding hydrogens is 214 g/mol. The van der Waals surface area contributed by atoms with Crippen molar-refractivity contribution in [2.45, 2.75) is 38.8 Å². The van der Waals surface area contributed by atoms with Gasteiger partial charge in [0, 0.05) is 19.0 Å². The predicted molar refractivity (Wildman–Crippen MR) is 67.3 cm³/mol. The minimum Gasteiger partial charge on any atom is -0.465 e. The van der Waals surface area contributed by atoms with E-state index in [4.69, 9.17) is 15.4 Å². The van der Waals surface area contributed by atoms with E-state index in [0.29, 0.717) is 13.0 Å². The molecular formula is C13H21N3O. The average molecular weight is 235 g/mol. The highest BCUT2D eigenvalue weighted by Gasteiger charge is 2.25. The van der Waals surface area contributed by atoms with Crippen molar-refractivity contribution in [3.05, 3.63) is 23.7 Å². The molecule has 4 heteroatoms. The van der Waals surface area contributed by atoms with Crippen molar-refractivity contribution in [1.29, 1.82) is 5.26 Å². The standard InChI is InChI=1S/C13H21N3O/c1-4-11(15)13(16(3)9-5-8-14)12-7-6-10(2)17-12/h6-7,11,13H,4-5,9,15H2,1-3H3. The second-order valence-corrected chi connectivity index (χ2v) is 4.35. The van der Waals surface area contributed by atoms with Gasteiger partial charge in [-0.3, -0.25) is 4.90 Å². The predicted octanol–water partition coefficient (Wildman–Crippen LogP) is 2.21. The molecule has 2 unspecified atom stereocenters. The van der Waals surface area contributed by atoms with Gasteiger partial charge in [-0.05, 0) is 32.5 Å². The van der Waals surface area contributed by atoms with E-state index in [2.05, 4.69) is 17.9 Å². The van der Waals surface area contributed by atoms with Crippen LogP contribution in [0, 0.1) is 18.3 Å². The molecule has 2 atom stereocenters. The molecule has 0 aliphatic heterocycles. The lowest BCUT2D eigenvalue weighted by molar-refractivity contribution is 0.185. The largest absolute Gasteiger partial charge is 0.465 e. The van der Waals surface area contributed by atoms with E-state index in [1.165, 1.54) is 0 Å². The maximum atomic E-state index is 8.64. The fraction of sp³-hybridized carbons (Fsp3) is 0.615. The molecule has 0 fully saturated rings. The Morgan fingerprint density at radius 1 is 1.53 bits per heavy atom. The van der Waals surface area contributed by atoms with Crippen molar-refractivity contribution < 1.29 is 4.42 Å². The van der Waals surface area contributed by atoms with Crippen LogP contribution in [0.2, 0.25) is 0 Å². The highest BCUT2D eigenvalue weighted by Crippen LogP contribution is 2.25. The first-order valence-corrected chi connectivity index (χ1v) is 5.99. The van der Waals surface area contributed by atoms with Gasteiger partial charge in [-0.25, -0.2) is 0 Å². The van der Waals surface area contributed by atoms with Gasteiger partial charge in [-0.15, -0.1) is 0 Å². The molecule has 0 bridgehead atoms. The van der Waals surface area contributed by atoms with Crippen LogP contribution >= 0.6 is 0 Å². The minimum atomic E-state index is 0.0178. The zero-order valence-corrected chi connectivity index (χ0v) is 10.8. The van der Waals surface area contributed by atoms with Crippen LogP contribution in [0.1, 0.15) is 37.3 Å². The third-order valence-corrected chi connectivity index (χ3v) is 2.98. The lowest BCUT2D eigenvalue weighted by Crippen LogP contribution is -2.39. The van der Waals surface area contributed by atoms with E-state index >= 15 is 0 Å². The van der Waals surface area contributed by atoms with Crippen molar-refractivity contribution in [3.63, 3.8) is 0 Å². The SMILES string of the molecule is CCC(N)C(c1ccc(C)o1)N(C)CCC#N. The number of nitriles is 1. The minimum absolute atomic E-state index is 0.0178. The van der Waals surface area contributed by atoms with Crippen LogP contribution in [-0.2, 0) is 0 Å². The van der Waals surface area contributed by atoms with Crippen LogP contribution in [0.4, 0.5) is 0 Å². The van der Waals surface area contributed by atoms with E-state index < -0.39 is 0 Å². The zero-order valence-electron chi connectivity index (χ0n) is 10.8. The Morgan fingerprint density at radius 3 is 2.71 bits per heavy atom.